The van der Waals surface area contributed by atoms with Crippen LogP contribution < -0.4 is 0 Å². The van der Waals surface area contributed by atoms with Gasteiger partial charge in [0.05, 0.1) is 13.0 Å². The second kappa shape index (κ2) is 5.87. The molecule has 1 fully saturated rings. The van der Waals surface area contributed by atoms with E-state index in [0.29, 0.717) is 18.4 Å². The number of carbonyl (C=O) groups is 2. The van der Waals surface area contributed by atoms with Crippen LogP contribution in [-0.4, -0.2) is 36.5 Å². The Bertz CT molecular complexity index is 255. The van der Waals surface area contributed by atoms with Crippen molar-refractivity contribution in [2.75, 3.05) is 19.7 Å². The highest BCUT2D eigenvalue weighted by Gasteiger charge is 2.29. The lowest BCUT2D eigenvalue weighted by atomic mass is 10.0. The Morgan fingerprint density at radius 3 is 2.25 bits per heavy atom. The summed E-state index contributed by atoms with van der Waals surface area (Å²) in [7, 11) is 0. The summed E-state index contributed by atoms with van der Waals surface area (Å²) < 4.78 is 4.79. The molecular formula is C12H21NO3. The summed E-state index contributed by atoms with van der Waals surface area (Å²) in [6.45, 7) is 8.10. The number of ether oxygens (including phenoxy) is 1. The lowest BCUT2D eigenvalue weighted by Gasteiger charge is -2.15. The van der Waals surface area contributed by atoms with Gasteiger partial charge in [-0.1, -0.05) is 13.8 Å². The van der Waals surface area contributed by atoms with Gasteiger partial charge in [-0.15, -0.1) is 0 Å². The van der Waals surface area contributed by atoms with E-state index in [1.54, 1.807) is 6.92 Å². The summed E-state index contributed by atoms with van der Waals surface area (Å²) in [5.74, 6) is 0.915. The van der Waals surface area contributed by atoms with Gasteiger partial charge in [-0.3, -0.25) is 9.59 Å². The quantitative estimate of drug-likeness (QED) is 0.683. The van der Waals surface area contributed by atoms with Gasteiger partial charge in [0.25, 0.3) is 0 Å². The monoisotopic (exact) mass is 227 g/mol. The molecule has 0 aromatic carbocycles. The van der Waals surface area contributed by atoms with Gasteiger partial charge in [0.2, 0.25) is 5.91 Å². The van der Waals surface area contributed by atoms with Crippen LogP contribution in [0.25, 0.3) is 0 Å². The molecule has 4 nitrogen and oxygen atoms in total. The van der Waals surface area contributed by atoms with Crippen LogP contribution >= 0.6 is 0 Å². The summed E-state index contributed by atoms with van der Waals surface area (Å²) in [6.07, 6.45) is 0.476. The van der Waals surface area contributed by atoms with Gasteiger partial charge < -0.3 is 9.64 Å². The first kappa shape index (κ1) is 13.0. The fourth-order valence-electron chi connectivity index (χ4n) is 1.93. The second-order valence-corrected chi connectivity index (χ2v) is 4.56. The molecule has 4 heteroatoms. The first-order chi connectivity index (χ1) is 7.54. The molecule has 1 aliphatic heterocycles. The Morgan fingerprint density at radius 1 is 1.19 bits per heavy atom. The van der Waals surface area contributed by atoms with Crippen molar-refractivity contribution in [1.29, 1.82) is 0 Å². The van der Waals surface area contributed by atoms with Crippen molar-refractivity contribution < 1.29 is 14.3 Å². The van der Waals surface area contributed by atoms with Crippen LogP contribution in [0.3, 0.4) is 0 Å². The van der Waals surface area contributed by atoms with Gasteiger partial charge in [-0.2, -0.15) is 0 Å². The van der Waals surface area contributed by atoms with Crippen LogP contribution in [0.4, 0.5) is 0 Å². The van der Waals surface area contributed by atoms with Crippen LogP contribution in [0.1, 0.15) is 33.6 Å². The normalized spacial score (nSPS) is 24.6. The zero-order valence-electron chi connectivity index (χ0n) is 10.4. The molecule has 16 heavy (non-hydrogen) atoms. The molecule has 1 amide bonds. The highest BCUT2D eigenvalue weighted by atomic mass is 16.5. The molecule has 2 unspecified atom stereocenters. The van der Waals surface area contributed by atoms with E-state index in [-0.39, 0.29) is 24.7 Å². The van der Waals surface area contributed by atoms with Gasteiger partial charge in [-0.25, -0.2) is 0 Å². The van der Waals surface area contributed by atoms with E-state index in [1.165, 1.54) is 0 Å². The number of likely N-dealkylation sites (tertiary alicyclic amines) is 1. The molecule has 1 aliphatic rings. The van der Waals surface area contributed by atoms with Crippen LogP contribution in [0.5, 0.6) is 0 Å². The standard InChI is InChI=1S/C12H21NO3/c1-4-16-12(15)6-5-11(14)13-7-9(2)10(3)8-13/h9-10H,4-8H2,1-3H3. The van der Waals surface area contributed by atoms with Crippen LogP contribution in [-0.2, 0) is 14.3 Å². The molecule has 0 bridgehead atoms. The second-order valence-electron chi connectivity index (χ2n) is 4.56. The number of hydrogen-bond donors (Lipinski definition) is 0. The van der Waals surface area contributed by atoms with Gasteiger partial charge in [-0.05, 0) is 18.8 Å². The largest absolute Gasteiger partial charge is 0.466 e. The number of rotatable bonds is 4. The zero-order valence-corrected chi connectivity index (χ0v) is 10.4. The highest BCUT2D eigenvalue weighted by Crippen LogP contribution is 2.22. The Balaban J connectivity index is 2.28. The van der Waals surface area contributed by atoms with E-state index in [4.69, 9.17) is 4.74 Å². The Morgan fingerprint density at radius 2 is 1.75 bits per heavy atom. The molecular weight excluding hydrogens is 206 g/mol. The lowest BCUT2D eigenvalue weighted by molar-refractivity contribution is -0.145. The minimum atomic E-state index is -0.281. The molecule has 1 saturated heterocycles. The molecule has 0 spiro atoms. The Hall–Kier alpha value is -1.06. The smallest absolute Gasteiger partial charge is 0.306 e. The highest BCUT2D eigenvalue weighted by molar-refractivity contribution is 5.81. The van der Waals surface area contributed by atoms with Crippen molar-refractivity contribution in [3.8, 4) is 0 Å². The summed E-state index contributed by atoms with van der Waals surface area (Å²) in [5, 5.41) is 0. The van der Waals surface area contributed by atoms with E-state index >= 15 is 0 Å². The summed E-state index contributed by atoms with van der Waals surface area (Å²) in [6, 6.07) is 0. The third kappa shape index (κ3) is 3.51. The van der Waals surface area contributed by atoms with Crippen molar-refractivity contribution in [2.45, 2.75) is 33.6 Å². The van der Waals surface area contributed by atoms with Gasteiger partial charge in [0.1, 0.15) is 0 Å². The third-order valence-corrected chi connectivity index (χ3v) is 3.19. The minimum Gasteiger partial charge on any atom is -0.466 e. The molecule has 2 atom stereocenters. The topological polar surface area (TPSA) is 46.6 Å². The molecule has 0 aliphatic carbocycles. The predicted molar refractivity (Wildman–Crippen MR) is 60.8 cm³/mol. The first-order valence-corrected chi connectivity index (χ1v) is 5.98. The van der Waals surface area contributed by atoms with Crippen molar-refractivity contribution in [1.82, 2.24) is 4.90 Å². The van der Waals surface area contributed by atoms with Crippen molar-refractivity contribution in [3.05, 3.63) is 0 Å². The minimum absolute atomic E-state index is 0.0734. The SMILES string of the molecule is CCOC(=O)CCC(=O)N1CC(C)C(C)C1. The van der Waals surface area contributed by atoms with Crippen LogP contribution in [0.2, 0.25) is 0 Å². The molecule has 92 valence electrons. The first-order valence-electron chi connectivity index (χ1n) is 5.98. The van der Waals surface area contributed by atoms with Gasteiger partial charge >= 0.3 is 5.97 Å². The Labute approximate surface area is 96.9 Å². The van der Waals surface area contributed by atoms with Gasteiger partial charge in [0, 0.05) is 19.5 Å². The summed E-state index contributed by atoms with van der Waals surface area (Å²) in [5.41, 5.74) is 0. The van der Waals surface area contributed by atoms with Gasteiger partial charge in [0.15, 0.2) is 0 Å². The average Bonchev–Trinajstić information content (AvgIpc) is 2.56. The molecule has 1 heterocycles. The van der Waals surface area contributed by atoms with E-state index < -0.39 is 0 Å². The number of esters is 1. The summed E-state index contributed by atoms with van der Waals surface area (Å²) >= 11 is 0. The van der Waals surface area contributed by atoms with Crippen molar-refractivity contribution in [3.63, 3.8) is 0 Å². The number of carbonyl (C=O) groups excluding carboxylic acids is 2. The molecule has 0 radical (unpaired) electrons. The lowest BCUT2D eigenvalue weighted by Crippen LogP contribution is -2.29. The molecule has 0 N–H and O–H groups in total. The van der Waals surface area contributed by atoms with E-state index in [0.717, 1.165) is 13.1 Å². The van der Waals surface area contributed by atoms with E-state index in [1.807, 2.05) is 4.90 Å². The molecule has 0 aromatic heterocycles. The fraction of sp³-hybridized carbons (Fsp3) is 0.833. The summed E-state index contributed by atoms with van der Waals surface area (Å²) in [4.78, 5) is 24.7. The number of nitrogens with zero attached hydrogens (tertiary/aromatic N) is 1. The number of amides is 1. The molecule has 0 aromatic rings. The maximum Gasteiger partial charge on any atom is 0.306 e. The molecule has 0 saturated carbocycles. The zero-order chi connectivity index (χ0) is 12.1. The van der Waals surface area contributed by atoms with E-state index in [9.17, 15) is 9.59 Å². The maximum atomic E-state index is 11.8. The van der Waals surface area contributed by atoms with E-state index in [2.05, 4.69) is 13.8 Å². The van der Waals surface area contributed by atoms with Crippen LogP contribution in [0.15, 0.2) is 0 Å². The Kier molecular flexibility index (Phi) is 4.77. The van der Waals surface area contributed by atoms with Crippen LogP contribution in [0, 0.1) is 11.8 Å². The maximum absolute atomic E-state index is 11.8. The molecule has 1 rings (SSSR count). The third-order valence-electron chi connectivity index (χ3n) is 3.19. The fourth-order valence-corrected chi connectivity index (χ4v) is 1.93. The number of hydrogen-bond acceptors (Lipinski definition) is 3. The van der Waals surface area contributed by atoms with Crippen molar-refractivity contribution >= 4 is 11.9 Å². The average molecular weight is 227 g/mol. The van der Waals surface area contributed by atoms with Crippen molar-refractivity contribution in [2.24, 2.45) is 11.8 Å². The predicted octanol–water partition coefficient (Wildman–Crippen LogP) is 1.44.